The highest BCUT2D eigenvalue weighted by Gasteiger charge is 2.87. The van der Waals surface area contributed by atoms with Gasteiger partial charge in [-0.3, -0.25) is 4.79 Å². The van der Waals surface area contributed by atoms with Gasteiger partial charge in [0.1, 0.15) is 23.9 Å². The van der Waals surface area contributed by atoms with Gasteiger partial charge in [0, 0.05) is 11.3 Å². The second kappa shape index (κ2) is 5.16. The highest BCUT2D eigenvalue weighted by atomic mass is 16.7. The Balaban J connectivity index is 1.85. The molecule has 5 rings (SSSR count). The van der Waals surface area contributed by atoms with Crippen LogP contribution in [0, 0.1) is 22.7 Å². The van der Waals surface area contributed by atoms with Crippen molar-refractivity contribution in [2.75, 3.05) is 6.61 Å². The number of hydrogen-bond acceptors (Lipinski definition) is 9. The van der Waals surface area contributed by atoms with Gasteiger partial charge < -0.3 is 35.0 Å². The van der Waals surface area contributed by atoms with Crippen LogP contribution in [0.15, 0.2) is 23.8 Å². The first kappa shape index (κ1) is 19.3. The van der Waals surface area contributed by atoms with Crippen molar-refractivity contribution in [3.05, 3.63) is 23.8 Å². The zero-order valence-corrected chi connectivity index (χ0v) is 16.0. The Kier molecular flexibility index (Phi) is 3.44. The van der Waals surface area contributed by atoms with Gasteiger partial charge in [0.15, 0.2) is 11.9 Å². The summed E-state index contributed by atoms with van der Waals surface area (Å²) in [6.45, 7) is 6.62. The number of carbonyl (C=O) groups excluding carboxylic acids is 2. The molecule has 2 aliphatic heterocycles. The third kappa shape index (κ3) is 1.69. The van der Waals surface area contributed by atoms with Crippen molar-refractivity contribution < 1.29 is 44.6 Å². The summed E-state index contributed by atoms with van der Waals surface area (Å²) >= 11 is 0. The van der Waals surface area contributed by atoms with E-state index >= 15 is 0 Å². The van der Waals surface area contributed by atoms with E-state index < -0.39 is 70.2 Å². The summed E-state index contributed by atoms with van der Waals surface area (Å²) < 4.78 is 11.1. The molecule has 0 unspecified atom stereocenters. The first-order valence-corrected chi connectivity index (χ1v) is 9.63. The number of hydrogen-bond donors (Lipinski definition) is 5. The Morgan fingerprint density at radius 2 is 1.79 bits per heavy atom. The minimum Gasteiger partial charge on any atom is -0.460 e. The van der Waals surface area contributed by atoms with Gasteiger partial charge in [-0.05, 0) is 30.9 Å². The normalized spacial score (nSPS) is 58.3. The van der Waals surface area contributed by atoms with Crippen LogP contribution in [0.5, 0.6) is 0 Å². The molecular formula is C20H24O9. The summed E-state index contributed by atoms with van der Waals surface area (Å²) in [5.41, 5.74) is -5.06. The van der Waals surface area contributed by atoms with Crippen molar-refractivity contribution in [3.8, 4) is 0 Å². The number of aliphatic hydroxyl groups is 5. The highest BCUT2D eigenvalue weighted by Crippen LogP contribution is 2.74. The molecule has 158 valence electrons. The van der Waals surface area contributed by atoms with Crippen LogP contribution in [-0.2, 0) is 19.1 Å². The van der Waals surface area contributed by atoms with Gasteiger partial charge in [-0.1, -0.05) is 19.1 Å². The van der Waals surface area contributed by atoms with E-state index in [2.05, 4.69) is 6.58 Å². The van der Waals surface area contributed by atoms with E-state index in [0.29, 0.717) is 5.57 Å². The van der Waals surface area contributed by atoms with Crippen LogP contribution in [0.2, 0.25) is 0 Å². The van der Waals surface area contributed by atoms with E-state index in [0.717, 1.165) is 0 Å². The lowest BCUT2D eigenvalue weighted by Crippen LogP contribution is -2.82. The van der Waals surface area contributed by atoms with E-state index in [1.54, 1.807) is 13.8 Å². The number of esters is 1. The van der Waals surface area contributed by atoms with Crippen LogP contribution in [0.1, 0.15) is 20.3 Å². The molecule has 0 aromatic heterocycles. The maximum Gasteiger partial charge on any atom is 0.338 e. The molecule has 0 radical (unpaired) electrons. The van der Waals surface area contributed by atoms with E-state index in [4.69, 9.17) is 9.47 Å². The molecule has 0 aromatic rings. The minimum absolute atomic E-state index is 0.142. The number of fused-ring (bicyclic) bond motifs is 1. The van der Waals surface area contributed by atoms with Crippen molar-refractivity contribution in [1.29, 1.82) is 0 Å². The smallest absolute Gasteiger partial charge is 0.338 e. The quantitative estimate of drug-likeness (QED) is 0.230. The monoisotopic (exact) mass is 408 g/mol. The van der Waals surface area contributed by atoms with Crippen LogP contribution in [0.4, 0.5) is 0 Å². The average molecular weight is 408 g/mol. The number of rotatable bonds is 0. The highest BCUT2D eigenvalue weighted by molar-refractivity contribution is 5.96. The molecule has 3 aliphatic carbocycles. The van der Waals surface area contributed by atoms with Crippen LogP contribution in [0.25, 0.3) is 0 Å². The van der Waals surface area contributed by atoms with E-state index in [1.165, 1.54) is 6.08 Å². The maximum absolute atomic E-state index is 12.5. The van der Waals surface area contributed by atoms with Crippen molar-refractivity contribution in [2.24, 2.45) is 22.7 Å². The lowest BCUT2D eigenvalue weighted by Gasteiger charge is -2.69. The summed E-state index contributed by atoms with van der Waals surface area (Å²) in [4.78, 5) is 25.0. The van der Waals surface area contributed by atoms with Crippen molar-refractivity contribution in [1.82, 2.24) is 0 Å². The fraction of sp³-hybridized carbons (Fsp3) is 0.700. The zero-order chi connectivity index (χ0) is 21.3. The zero-order valence-electron chi connectivity index (χ0n) is 16.0. The van der Waals surface area contributed by atoms with Gasteiger partial charge in [0.2, 0.25) is 5.79 Å². The lowest BCUT2D eigenvalue weighted by molar-refractivity contribution is -0.337. The molecule has 2 bridgehead atoms. The molecule has 2 saturated heterocycles. The second-order valence-electron chi connectivity index (χ2n) is 9.38. The largest absolute Gasteiger partial charge is 0.460 e. The van der Waals surface area contributed by atoms with Crippen molar-refractivity contribution in [3.63, 3.8) is 0 Å². The predicted molar refractivity (Wildman–Crippen MR) is 93.8 cm³/mol. The molecule has 5 N–H and O–H groups in total. The maximum atomic E-state index is 12.5. The molecule has 1 spiro atoms. The molecule has 0 aromatic carbocycles. The molecule has 10 atom stereocenters. The molecule has 5 aliphatic rings. The Hall–Kier alpha value is -1.62. The third-order valence-corrected chi connectivity index (χ3v) is 8.44. The molecular weight excluding hydrogens is 384 g/mol. The van der Waals surface area contributed by atoms with Gasteiger partial charge in [-0.25, -0.2) is 4.79 Å². The average Bonchev–Trinajstić information content (AvgIpc) is 2.98. The van der Waals surface area contributed by atoms with Crippen LogP contribution < -0.4 is 0 Å². The van der Waals surface area contributed by atoms with Gasteiger partial charge in [0.25, 0.3) is 0 Å². The number of aliphatic hydroxyl groups excluding tert-OH is 3. The third-order valence-electron chi connectivity index (χ3n) is 8.44. The number of carbonyl (C=O) groups is 2. The first-order valence-electron chi connectivity index (χ1n) is 9.63. The summed E-state index contributed by atoms with van der Waals surface area (Å²) in [7, 11) is 0. The Labute approximate surface area is 166 Å². The minimum atomic E-state index is -2.37. The SMILES string of the molecule is C=C1[C@@H](O)[C@]2(O)OC[C@@]34[C@@H](C[C@H]5C(C)=CC(=O)[C@@H](O)[C@]5(C)[C@H]23)OC(=O)[C@H](O)[C@@]14O. The first-order chi connectivity index (χ1) is 13.4. The molecule has 4 fully saturated rings. The fourth-order valence-electron chi connectivity index (χ4n) is 7.19. The Bertz CT molecular complexity index is 896. The molecule has 29 heavy (non-hydrogen) atoms. The predicted octanol–water partition coefficient (Wildman–Crippen LogP) is -1.83. The van der Waals surface area contributed by atoms with Gasteiger partial charge >= 0.3 is 5.97 Å². The summed E-state index contributed by atoms with van der Waals surface area (Å²) in [5, 5.41) is 55.7. The standard InChI is InChI=1S/C20H24O9/c1-7-4-10(21)13(23)17(3)9(7)5-11-18-6-28-20(27,16(17)18)12(22)8(2)19(18,26)14(24)15(25)29-11/h4,9,11-14,16,22-24,26-27H,2,5-6H2,1,3H3/t9-,11+,12+,13+,14-,16-,17+,18+,19-,20-/m0/s1. The van der Waals surface area contributed by atoms with Gasteiger partial charge in [-0.15, -0.1) is 0 Å². The van der Waals surface area contributed by atoms with Crippen LogP contribution in [-0.4, -0.2) is 79.7 Å². The fourth-order valence-corrected chi connectivity index (χ4v) is 7.19. The van der Waals surface area contributed by atoms with Crippen molar-refractivity contribution >= 4 is 11.8 Å². The molecule has 0 amide bonds. The van der Waals surface area contributed by atoms with E-state index in [9.17, 15) is 35.1 Å². The Morgan fingerprint density at radius 1 is 1.14 bits per heavy atom. The number of ether oxygens (including phenoxy) is 2. The van der Waals surface area contributed by atoms with Crippen molar-refractivity contribution in [2.45, 2.75) is 56.1 Å². The lowest BCUT2D eigenvalue weighted by atomic mass is 9.37. The summed E-state index contributed by atoms with van der Waals surface area (Å²) in [6, 6.07) is 0. The molecule has 2 heterocycles. The summed E-state index contributed by atoms with van der Waals surface area (Å²) in [5.74, 6) is -5.66. The Morgan fingerprint density at radius 3 is 2.45 bits per heavy atom. The number of allylic oxidation sites excluding steroid dienone is 1. The second-order valence-corrected chi connectivity index (χ2v) is 9.38. The van der Waals surface area contributed by atoms with Crippen LogP contribution in [0.3, 0.4) is 0 Å². The summed E-state index contributed by atoms with van der Waals surface area (Å²) in [6.07, 6.45) is -5.01. The van der Waals surface area contributed by atoms with Gasteiger partial charge in [-0.2, -0.15) is 0 Å². The molecule has 9 heteroatoms. The molecule has 2 saturated carbocycles. The topological polar surface area (TPSA) is 154 Å². The van der Waals surface area contributed by atoms with Gasteiger partial charge in [0.05, 0.1) is 12.0 Å². The van der Waals surface area contributed by atoms with Crippen LogP contribution >= 0.6 is 0 Å². The van der Waals surface area contributed by atoms with E-state index in [1.807, 2.05) is 0 Å². The number of ketones is 1. The molecule has 9 nitrogen and oxygen atoms in total. The van der Waals surface area contributed by atoms with E-state index in [-0.39, 0.29) is 18.6 Å².